The normalized spacial score (nSPS) is 11.8. The van der Waals surface area contributed by atoms with E-state index in [1.165, 1.54) is 0 Å². The van der Waals surface area contributed by atoms with Gasteiger partial charge in [-0.3, -0.25) is 4.79 Å². The molecule has 2 N–H and O–H groups in total. The van der Waals surface area contributed by atoms with Crippen LogP contribution in [0.15, 0.2) is 48.5 Å². The summed E-state index contributed by atoms with van der Waals surface area (Å²) in [6, 6.07) is 14.8. The van der Waals surface area contributed by atoms with Crippen LogP contribution in [0.25, 0.3) is 11.1 Å². The number of amides is 1. The van der Waals surface area contributed by atoms with E-state index in [1.54, 1.807) is 32.2 Å². The number of aliphatic hydroxyl groups is 1. The molecule has 2 aromatic carbocycles. The maximum Gasteiger partial charge on any atom is 0.251 e. The predicted octanol–water partition coefficient (Wildman–Crippen LogP) is 2.47. The first-order valence-corrected chi connectivity index (χ1v) is 6.81. The van der Waals surface area contributed by atoms with Crippen molar-refractivity contribution >= 4 is 5.91 Å². The molecule has 0 heterocycles. The second-order valence-corrected chi connectivity index (χ2v) is 4.84. The van der Waals surface area contributed by atoms with E-state index in [0.717, 1.165) is 11.1 Å². The van der Waals surface area contributed by atoms with Crippen molar-refractivity contribution in [1.82, 2.24) is 5.32 Å². The summed E-state index contributed by atoms with van der Waals surface area (Å²) >= 11 is 0. The van der Waals surface area contributed by atoms with Crippen molar-refractivity contribution in [3.05, 3.63) is 54.1 Å². The maximum atomic E-state index is 12.1. The van der Waals surface area contributed by atoms with Crippen LogP contribution < -0.4 is 10.1 Å². The van der Waals surface area contributed by atoms with Crippen LogP contribution >= 0.6 is 0 Å². The number of aliphatic hydroxyl groups excluding tert-OH is 1. The zero-order chi connectivity index (χ0) is 15.2. The predicted molar refractivity (Wildman–Crippen MR) is 82.4 cm³/mol. The highest BCUT2D eigenvalue weighted by Crippen LogP contribution is 2.30. The van der Waals surface area contributed by atoms with E-state index in [9.17, 15) is 4.79 Å². The molecular formula is C17H19NO3. The van der Waals surface area contributed by atoms with E-state index in [4.69, 9.17) is 9.84 Å². The molecular weight excluding hydrogens is 266 g/mol. The number of nitrogens with one attached hydrogen (secondary N) is 1. The molecule has 2 aromatic rings. The van der Waals surface area contributed by atoms with Crippen LogP contribution in [-0.2, 0) is 0 Å². The molecule has 110 valence electrons. The Hall–Kier alpha value is -2.33. The Labute approximate surface area is 124 Å². The SMILES string of the molecule is COc1ccc(C(=O)NC(C)CO)cc1-c1ccccc1. The standard InChI is InChI=1S/C17H19NO3/c1-12(11-19)18-17(20)14-8-9-16(21-2)15(10-14)13-6-4-3-5-7-13/h3-10,12,19H,11H2,1-2H3,(H,18,20). The molecule has 0 saturated heterocycles. The van der Waals surface area contributed by atoms with Gasteiger partial charge < -0.3 is 15.2 Å². The molecule has 0 aliphatic rings. The molecule has 0 saturated carbocycles. The first kappa shape index (κ1) is 15.1. The largest absolute Gasteiger partial charge is 0.496 e. The molecule has 0 aliphatic carbocycles. The van der Waals surface area contributed by atoms with Gasteiger partial charge in [-0.05, 0) is 30.7 Å². The zero-order valence-electron chi connectivity index (χ0n) is 12.2. The smallest absolute Gasteiger partial charge is 0.251 e. The van der Waals surface area contributed by atoms with Crippen LogP contribution in [-0.4, -0.2) is 30.8 Å². The highest BCUT2D eigenvalue weighted by Gasteiger charge is 2.13. The van der Waals surface area contributed by atoms with Gasteiger partial charge in [-0.2, -0.15) is 0 Å². The Balaban J connectivity index is 2.36. The van der Waals surface area contributed by atoms with Crippen molar-refractivity contribution in [1.29, 1.82) is 0 Å². The number of ether oxygens (including phenoxy) is 1. The molecule has 1 atom stereocenters. The molecule has 1 unspecified atom stereocenters. The summed E-state index contributed by atoms with van der Waals surface area (Å²) in [6.07, 6.45) is 0. The summed E-state index contributed by atoms with van der Waals surface area (Å²) in [7, 11) is 1.61. The lowest BCUT2D eigenvalue weighted by molar-refractivity contribution is 0.0922. The third-order valence-electron chi connectivity index (χ3n) is 3.20. The third kappa shape index (κ3) is 3.61. The average molecular weight is 285 g/mol. The summed E-state index contributed by atoms with van der Waals surface area (Å²) < 4.78 is 5.37. The van der Waals surface area contributed by atoms with Gasteiger partial charge >= 0.3 is 0 Å². The van der Waals surface area contributed by atoms with Crippen molar-refractivity contribution in [2.75, 3.05) is 13.7 Å². The van der Waals surface area contributed by atoms with Gasteiger partial charge in [-0.25, -0.2) is 0 Å². The van der Waals surface area contributed by atoms with Gasteiger partial charge in [0.15, 0.2) is 0 Å². The molecule has 0 aromatic heterocycles. The van der Waals surface area contributed by atoms with Crippen molar-refractivity contribution in [2.45, 2.75) is 13.0 Å². The van der Waals surface area contributed by atoms with Crippen LogP contribution in [0.2, 0.25) is 0 Å². The average Bonchev–Trinajstić information content (AvgIpc) is 2.54. The second-order valence-electron chi connectivity index (χ2n) is 4.84. The fourth-order valence-corrected chi connectivity index (χ4v) is 2.05. The van der Waals surface area contributed by atoms with Gasteiger partial charge in [-0.15, -0.1) is 0 Å². The van der Waals surface area contributed by atoms with Gasteiger partial charge in [-0.1, -0.05) is 30.3 Å². The number of methoxy groups -OCH3 is 1. The molecule has 4 nitrogen and oxygen atoms in total. The van der Waals surface area contributed by atoms with E-state index < -0.39 is 0 Å². The monoisotopic (exact) mass is 285 g/mol. The molecule has 21 heavy (non-hydrogen) atoms. The molecule has 0 spiro atoms. The topological polar surface area (TPSA) is 58.6 Å². The first-order chi connectivity index (χ1) is 10.2. The molecule has 4 heteroatoms. The van der Waals surface area contributed by atoms with Crippen molar-refractivity contribution in [3.63, 3.8) is 0 Å². The molecule has 0 radical (unpaired) electrons. The number of rotatable bonds is 5. The minimum Gasteiger partial charge on any atom is -0.496 e. The second kappa shape index (κ2) is 6.90. The molecule has 2 rings (SSSR count). The Morgan fingerprint density at radius 1 is 1.24 bits per heavy atom. The molecule has 0 aliphatic heterocycles. The van der Waals surface area contributed by atoms with Gasteiger partial charge in [0.05, 0.1) is 13.7 Å². The number of hydrogen-bond acceptors (Lipinski definition) is 3. The number of carbonyl (C=O) groups is 1. The highest BCUT2D eigenvalue weighted by molar-refractivity contribution is 5.96. The lowest BCUT2D eigenvalue weighted by Gasteiger charge is -2.13. The number of carbonyl (C=O) groups excluding carboxylic acids is 1. The number of hydrogen-bond donors (Lipinski definition) is 2. The van der Waals surface area contributed by atoms with E-state index >= 15 is 0 Å². The summed E-state index contributed by atoms with van der Waals surface area (Å²) in [5.74, 6) is 0.504. The highest BCUT2D eigenvalue weighted by atomic mass is 16.5. The third-order valence-corrected chi connectivity index (χ3v) is 3.20. The Kier molecular flexibility index (Phi) is 4.95. The van der Waals surface area contributed by atoms with Crippen LogP contribution in [0.3, 0.4) is 0 Å². The van der Waals surface area contributed by atoms with E-state index in [-0.39, 0.29) is 18.6 Å². The first-order valence-electron chi connectivity index (χ1n) is 6.81. The fraction of sp³-hybridized carbons (Fsp3) is 0.235. The minimum absolute atomic E-state index is 0.0898. The maximum absolute atomic E-state index is 12.1. The van der Waals surface area contributed by atoms with Gasteiger partial charge in [0.2, 0.25) is 0 Å². The summed E-state index contributed by atoms with van der Waals surface area (Å²) in [6.45, 7) is 1.66. The van der Waals surface area contributed by atoms with Crippen molar-refractivity contribution < 1.29 is 14.6 Å². The van der Waals surface area contributed by atoms with Gasteiger partial charge in [0.1, 0.15) is 5.75 Å². The zero-order valence-corrected chi connectivity index (χ0v) is 12.2. The van der Waals surface area contributed by atoms with Gasteiger partial charge in [0.25, 0.3) is 5.91 Å². The van der Waals surface area contributed by atoms with E-state index in [2.05, 4.69) is 5.32 Å². The van der Waals surface area contributed by atoms with Gasteiger partial charge in [0, 0.05) is 17.2 Å². The fourth-order valence-electron chi connectivity index (χ4n) is 2.05. The lowest BCUT2D eigenvalue weighted by atomic mass is 10.0. The summed E-state index contributed by atoms with van der Waals surface area (Å²) in [5, 5.41) is 11.7. The van der Waals surface area contributed by atoms with Crippen LogP contribution in [0, 0.1) is 0 Å². The molecule has 0 bridgehead atoms. The molecule has 0 fully saturated rings. The Bertz CT molecular complexity index is 611. The number of benzene rings is 2. The quantitative estimate of drug-likeness (QED) is 0.887. The van der Waals surface area contributed by atoms with E-state index in [1.807, 2.05) is 30.3 Å². The van der Waals surface area contributed by atoms with Crippen molar-refractivity contribution in [2.24, 2.45) is 0 Å². The molecule has 1 amide bonds. The Morgan fingerprint density at radius 2 is 1.95 bits per heavy atom. The van der Waals surface area contributed by atoms with Crippen LogP contribution in [0.5, 0.6) is 5.75 Å². The summed E-state index contributed by atoms with van der Waals surface area (Å²) in [5.41, 5.74) is 2.39. The lowest BCUT2D eigenvalue weighted by Crippen LogP contribution is -2.34. The van der Waals surface area contributed by atoms with Crippen molar-refractivity contribution in [3.8, 4) is 16.9 Å². The van der Waals surface area contributed by atoms with E-state index in [0.29, 0.717) is 11.3 Å². The van der Waals surface area contributed by atoms with Crippen LogP contribution in [0.4, 0.5) is 0 Å². The Morgan fingerprint density at radius 3 is 2.57 bits per heavy atom. The summed E-state index contributed by atoms with van der Waals surface area (Å²) in [4.78, 5) is 12.1. The minimum atomic E-state index is -0.278. The van der Waals surface area contributed by atoms with Crippen LogP contribution in [0.1, 0.15) is 17.3 Å².